The Morgan fingerprint density at radius 2 is 0.828 bits per heavy atom. The van der Waals surface area contributed by atoms with E-state index in [2.05, 4.69) is 107 Å². The Hall–Kier alpha value is 0.423. The molecular formula is C26H42Cl2Zr. The summed E-state index contributed by atoms with van der Waals surface area (Å²) in [6.07, 6.45) is 13.9. The molecule has 0 fully saturated rings. The topological polar surface area (TPSA) is 0 Å². The van der Waals surface area contributed by atoms with Crippen molar-refractivity contribution in [2.75, 3.05) is 0 Å². The average molecular weight is 517 g/mol. The Morgan fingerprint density at radius 1 is 0.586 bits per heavy atom. The molecule has 0 amide bonds. The Morgan fingerprint density at radius 3 is 0.931 bits per heavy atom. The van der Waals surface area contributed by atoms with Crippen molar-refractivity contribution in [1.82, 2.24) is 0 Å². The molecule has 0 saturated carbocycles. The minimum atomic E-state index is -0.826. The molecule has 0 aromatic carbocycles. The summed E-state index contributed by atoms with van der Waals surface area (Å²) in [5.74, 6) is 0. The first-order valence-corrected chi connectivity index (χ1v) is 16.8. The molecule has 2 aliphatic rings. The molecule has 0 spiro atoms. The van der Waals surface area contributed by atoms with Crippen molar-refractivity contribution in [2.24, 2.45) is 21.7 Å². The van der Waals surface area contributed by atoms with Crippen LogP contribution in [0.2, 0.25) is 0 Å². The molecule has 2 aliphatic carbocycles. The van der Waals surface area contributed by atoms with Crippen molar-refractivity contribution in [2.45, 2.75) is 95.9 Å². The molecule has 0 saturated heterocycles. The summed E-state index contributed by atoms with van der Waals surface area (Å²) in [4.78, 5) is 0. The van der Waals surface area contributed by atoms with E-state index < -0.39 is 20.8 Å². The van der Waals surface area contributed by atoms with Gasteiger partial charge in [0.05, 0.1) is 0 Å². The predicted molar refractivity (Wildman–Crippen MR) is 128 cm³/mol. The second-order valence-electron chi connectivity index (χ2n) is 11.9. The minimum absolute atomic E-state index is 0.257. The van der Waals surface area contributed by atoms with Gasteiger partial charge in [-0.05, 0) is 21.7 Å². The van der Waals surface area contributed by atoms with Crippen molar-refractivity contribution in [3.05, 3.63) is 46.6 Å². The second-order valence-corrected chi connectivity index (χ2v) is 15.7. The molecule has 0 unspecified atom stereocenters. The SMILES string of the molecule is CC(C)(C)C1=[C-]C(C(C)(C)C)=CC1.CC(C)(C)C1=[C-]C(C(C)(C)C)=CC1.[Cl][Zr+2][Cl]. The first-order chi connectivity index (χ1) is 12.8. The molecule has 0 radical (unpaired) electrons. The van der Waals surface area contributed by atoms with Crippen molar-refractivity contribution >= 4 is 17.0 Å². The van der Waals surface area contributed by atoms with Gasteiger partial charge in [-0.3, -0.25) is 0 Å². The van der Waals surface area contributed by atoms with Gasteiger partial charge in [0.15, 0.2) is 0 Å². The summed E-state index contributed by atoms with van der Waals surface area (Å²) >= 11 is -0.826. The van der Waals surface area contributed by atoms with Crippen molar-refractivity contribution in [1.29, 1.82) is 0 Å². The maximum absolute atomic E-state index is 4.93. The van der Waals surface area contributed by atoms with E-state index in [9.17, 15) is 0 Å². The van der Waals surface area contributed by atoms with Crippen LogP contribution < -0.4 is 0 Å². The molecule has 0 aromatic heterocycles. The average Bonchev–Trinajstić information content (AvgIpc) is 3.16. The van der Waals surface area contributed by atoms with E-state index in [0.29, 0.717) is 0 Å². The van der Waals surface area contributed by atoms with E-state index in [1.165, 1.54) is 22.3 Å². The Labute approximate surface area is 201 Å². The normalized spacial score (nSPS) is 17.0. The molecule has 0 atom stereocenters. The fourth-order valence-electron chi connectivity index (χ4n) is 2.91. The van der Waals surface area contributed by atoms with Gasteiger partial charge in [-0.15, -0.1) is 0 Å². The number of hydrogen-bond donors (Lipinski definition) is 0. The second kappa shape index (κ2) is 11.3. The summed E-state index contributed by atoms with van der Waals surface area (Å²) in [5, 5.41) is 0. The molecule has 0 nitrogen and oxygen atoms in total. The van der Waals surface area contributed by atoms with Gasteiger partial charge in [0.1, 0.15) is 0 Å². The maximum atomic E-state index is 4.93. The van der Waals surface area contributed by atoms with Crippen molar-refractivity contribution in [3.63, 3.8) is 0 Å². The molecule has 2 rings (SSSR count). The van der Waals surface area contributed by atoms with E-state index in [-0.39, 0.29) is 21.7 Å². The third-order valence-electron chi connectivity index (χ3n) is 5.02. The zero-order chi connectivity index (χ0) is 23.3. The van der Waals surface area contributed by atoms with Crippen molar-refractivity contribution in [3.8, 4) is 0 Å². The van der Waals surface area contributed by atoms with Crippen LogP contribution in [-0.2, 0) is 20.8 Å². The van der Waals surface area contributed by atoms with Gasteiger partial charge >= 0.3 is 37.9 Å². The summed E-state index contributed by atoms with van der Waals surface area (Å²) in [7, 11) is 9.87. The molecular weight excluding hydrogens is 474 g/mol. The summed E-state index contributed by atoms with van der Waals surface area (Å²) < 4.78 is 0. The van der Waals surface area contributed by atoms with Gasteiger partial charge in [0.25, 0.3) is 0 Å². The molecule has 0 N–H and O–H groups in total. The molecule has 3 heteroatoms. The van der Waals surface area contributed by atoms with Crippen LogP contribution in [-0.4, -0.2) is 0 Å². The number of rotatable bonds is 0. The summed E-state index contributed by atoms with van der Waals surface area (Å²) in [6.45, 7) is 27.0. The summed E-state index contributed by atoms with van der Waals surface area (Å²) in [5.41, 5.74) is 6.71. The number of hydrogen-bond acceptors (Lipinski definition) is 0. The van der Waals surface area contributed by atoms with E-state index in [4.69, 9.17) is 17.0 Å². The van der Waals surface area contributed by atoms with E-state index in [0.717, 1.165) is 12.8 Å². The Kier molecular flexibility index (Phi) is 11.5. The van der Waals surface area contributed by atoms with Gasteiger partial charge in [0.2, 0.25) is 0 Å². The van der Waals surface area contributed by atoms with Gasteiger partial charge in [-0.1, -0.05) is 95.9 Å². The van der Waals surface area contributed by atoms with Gasteiger partial charge in [-0.25, -0.2) is 35.5 Å². The van der Waals surface area contributed by atoms with Crippen LogP contribution in [0.5, 0.6) is 0 Å². The third kappa shape index (κ3) is 11.0. The predicted octanol–water partition coefficient (Wildman–Crippen LogP) is 9.65. The molecule has 0 heterocycles. The molecule has 0 bridgehead atoms. The number of allylic oxidation sites excluding steroid dienone is 8. The third-order valence-corrected chi connectivity index (χ3v) is 5.02. The summed E-state index contributed by atoms with van der Waals surface area (Å²) in [6, 6.07) is 0. The van der Waals surface area contributed by atoms with Crippen LogP contribution >= 0.6 is 17.0 Å². The van der Waals surface area contributed by atoms with Crippen LogP contribution in [0.4, 0.5) is 0 Å². The van der Waals surface area contributed by atoms with Crippen molar-refractivity contribution < 1.29 is 20.8 Å². The van der Waals surface area contributed by atoms with E-state index in [1.54, 1.807) is 0 Å². The zero-order valence-corrected chi connectivity index (χ0v) is 24.8. The van der Waals surface area contributed by atoms with Crippen LogP contribution in [0.25, 0.3) is 0 Å². The Bertz CT molecular complexity index is 591. The fraction of sp³-hybridized carbons (Fsp3) is 0.692. The fourth-order valence-corrected chi connectivity index (χ4v) is 2.91. The Balaban J connectivity index is 0.000000477. The van der Waals surface area contributed by atoms with Crippen LogP contribution in [0.3, 0.4) is 0 Å². The first-order valence-electron chi connectivity index (χ1n) is 10.5. The number of halogens is 2. The molecule has 164 valence electrons. The van der Waals surface area contributed by atoms with E-state index >= 15 is 0 Å². The van der Waals surface area contributed by atoms with E-state index in [1.807, 2.05) is 0 Å². The quantitative estimate of drug-likeness (QED) is 0.281. The molecule has 29 heavy (non-hydrogen) atoms. The zero-order valence-electron chi connectivity index (χ0n) is 20.8. The van der Waals surface area contributed by atoms with Gasteiger partial charge < -0.3 is 0 Å². The standard InChI is InChI=1S/2C13H21.2ClH.Zr/c2*1-12(2,3)10-7-8-11(9-10)13(4,5)6;;;/h2*7H,8H2,1-6H3;2*1H;/q2*-1;;;+4/p-2. The molecule has 0 aliphatic heterocycles. The van der Waals surface area contributed by atoms with Crippen LogP contribution in [0.15, 0.2) is 34.4 Å². The van der Waals surface area contributed by atoms with Gasteiger partial charge in [-0.2, -0.15) is 11.1 Å². The molecule has 0 aromatic rings. The first kappa shape index (κ1) is 29.4. The van der Waals surface area contributed by atoms with Crippen LogP contribution in [0, 0.1) is 33.8 Å². The monoisotopic (exact) mass is 514 g/mol. The van der Waals surface area contributed by atoms with Gasteiger partial charge in [0, 0.05) is 0 Å². The van der Waals surface area contributed by atoms with Crippen LogP contribution in [0.1, 0.15) is 95.9 Å².